The van der Waals surface area contributed by atoms with Gasteiger partial charge in [0, 0.05) is 37.8 Å². The standard InChI is InChI=1S/C19H24N4O2.CH2O2/c1-13-6-17(21-20-13)7-16-10-23(11-18(16)24)19(25)12-22-8-14-4-2-3-5-15(14)9-22;2-1-3/h2-6,16,18,24H,7-12H2,1H3,(H,20,21);1H,(H,2,3)/t16-,18-;/m1./s1. The number of nitrogens with one attached hydrogen (secondary N) is 1. The number of hydrogen-bond donors (Lipinski definition) is 3. The van der Waals surface area contributed by atoms with Crippen molar-refractivity contribution in [2.75, 3.05) is 19.6 Å². The van der Waals surface area contributed by atoms with Crippen LogP contribution in [0.1, 0.15) is 22.5 Å². The maximum Gasteiger partial charge on any atom is 0.290 e. The molecule has 0 bridgehead atoms. The van der Waals surface area contributed by atoms with Crippen LogP contribution in [0.15, 0.2) is 30.3 Å². The third-order valence-electron chi connectivity index (χ3n) is 5.25. The molecule has 2 aromatic rings. The smallest absolute Gasteiger partial charge is 0.290 e. The summed E-state index contributed by atoms with van der Waals surface area (Å²) in [5, 5.41) is 24.4. The predicted molar refractivity (Wildman–Crippen MR) is 102 cm³/mol. The van der Waals surface area contributed by atoms with Crippen molar-refractivity contribution in [3.05, 3.63) is 52.8 Å². The first kappa shape index (κ1) is 20.0. The Morgan fingerprint density at radius 3 is 2.50 bits per heavy atom. The Balaban J connectivity index is 0.000000706. The van der Waals surface area contributed by atoms with E-state index in [1.807, 2.05) is 25.1 Å². The molecule has 4 rings (SSSR count). The van der Waals surface area contributed by atoms with Crippen molar-refractivity contribution in [1.82, 2.24) is 20.0 Å². The van der Waals surface area contributed by atoms with Gasteiger partial charge in [-0.1, -0.05) is 24.3 Å². The Morgan fingerprint density at radius 1 is 1.29 bits per heavy atom. The second-order valence-electron chi connectivity index (χ2n) is 7.39. The first-order valence-corrected chi connectivity index (χ1v) is 9.34. The summed E-state index contributed by atoms with van der Waals surface area (Å²) in [5.74, 6) is 0.162. The van der Waals surface area contributed by atoms with E-state index in [-0.39, 0.29) is 18.3 Å². The van der Waals surface area contributed by atoms with Gasteiger partial charge in [-0.25, -0.2) is 0 Å². The summed E-state index contributed by atoms with van der Waals surface area (Å²) < 4.78 is 0. The molecule has 0 spiro atoms. The van der Waals surface area contributed by atoms with Gasteiger partial charge >= 0.3 is 0 Å². The van der Waals surface area contributed by atoms with Gasteiger partial charge in [-0.2, -0.15) is 5.10 Å². The molecule has 0 aliphatic carbocycles. The molecular formula is C20H26N4O4. The number of carbonyl (C=O) groups is 2. The zero-order valence-electron chi connectivity index (χ0n) is 15.9. The highest BCUT2D eigenvalue weighted by molar-refractivity contribution is 5.78. The number of aromatic nitrogens is 2. The molecule has 8 heteroatoms. The van der Waals surface area contributed by atoms with Crippen LogP contribution in [0, 0.1) is 12.8 Å². The summed E-state index contributed by atoms with van der Waals surface area (Å²) in [4.78, 5) is 25.0. The molecular weight excluding hydrogens is 360 g/mol. The fourth-order valence-corrected chi connectivity index (χ4v) is 3.91. The van der Waals surface area contributed by atoms with Crippen molar-refractivity contribution in [3.63, 3.8) is 0 Å². The van der Waals surface area contributed by atoms with Crippen LogP contribution in [0.3, 0.4) is 0 Å². The number of likely N-dealkylation sites (tertiary alicyclic amines) is 1. The number of hydrogen-bond acceptors (Lipinski definition) is 5. The molecule has 1 aromatic heterocycles. The molecule has 150 valence electrons. The molecule has 2 atom stereocenters. The number of rotatable bonds is 4. The molecule has 0 radical (unpaired) electrons. The SMILES string of the molecule is Cc1cc(C[C@@H]2CN(C(=O)CN3Cc4ccccc4C3)C[C@H]2O)n[nH]1.O=CO. The summed E-state index contributed by atoms with van der Waals surface area (Å²) in [7, 11) is 0. The van der Waals surface area contributed by atoms with Gasteiger partial charge in [-0.3, -0.25) is 19.6 Å². The van der Waals surface area contributed by atoms with E-state index in [9.17, 15) is 9.90 Å². The van der Waals surface area contributed by atoms with Crippen LogP contribution < -0.4 is 0 Å². The van der Waals surface area contributed by atoms with Crippen molar-refractivity contribution >= 4 is 12.4 Å². The van der Waals surface area contributed by atoms with Gasteiger partial charge in [0.05, 0.1) is 18.3 Å². The maximum atomic E-state index is 12.7. The number of aliphatic hydroxyl groups is 1. The molecule has 1 aromatic carbocycles. The summed E-state index contributed by atoms with van der Waals surface area (Å²) in [6, 6.07) is 10.3. The van der Waals surface area contributed by atoms with Gasteiger partial charge in [0.2, 0.25) is 5.91 Å². The van der Waals surface area contributed by atoms with Crippen molar-refractivity contribution in [2.45, 2.75) is 32.5 Å². The van der Waals surface area contributed by atoms with Crippen molar-refractivity contribution in [1.29, 1.82) is 0 Å². The van der Waals surface area contributed by atoms with Crippen LogP contribution >= 0.6 is 0 Å². The second-order valence-corrected chi connectivity index (χ2v) is 7.39. The lowest BCUT2D eigenvalue weighted by Gasteiger charge is -2.20. The van der Waals surface area contributed by atoms with E-state index in [0.717, 1.165) is 24.5 Å². The number of H-pyrrole nitrogens is 1. The summed E-state index contributed by atoms with van der Waals surface area (Å²) >= 11 is 0. The average molecular weight is 386 g/mol. The number of β-amino-alcohol motifs (C(OH)–C–C–N with tert-alkyl or cyclic N) is 1. The fraction of sp³-hybridized carbons (Fsp3) is 0.450. The number of aromatic amines is 1. The van der Waals surface area contributed by atoms with E-state index in [4.69, 9.17) is 9.90 Å². The Hall–Kier alpha value is -2.71. The largest absolute Gasteiger partial charge is 0.483 e. The van der Waals surface area contributed by atoms with Gasteiger partial charge in [0.1, 0.15) is 0 Å². The Morgan fingerprint density at radius 2 is 1.93 bits per heavy atom. The van der Waals surface area contributed by atoms with E-state index in [0.29, 0.717) is 26.1 Å². The van der Waals surface area contributed by atoms with E-state index in [1.54, 1.807) is 4.90 Å². The van der Waals surface area contributed by atoms with E-state index < -0.39 is 6.10 Å². The highest BCUT2D eigenvalue weighted by Gasteiger charge is 2.35. The van der Waals surface area contributed by atoms with E-state index >= 15 is 0 Å². The van der Waals surface area contributed by atoms with Gasteiger partial charge in [0.15, 0.2) is 0 Å². The highest BCUT2D eigenvalue weighted by Crippen LogP contribution is 2.24. The third kappa shape index (κ3) is 4.76. The normalized spacial score (nSPS) is 21.1. The summed E-state index contributed by atoms with van der Waals surface area (Å²) in [6.07, 6.45) is 0.224. The summed E-state index contributed by atoms with van der Waals surface area (Å²) in [5.41, 5.74) is 4.59. The number of aliphatic hydroxyl groups excluding tert-OH is 1. The van der Waals surface area contributed by atoms with Crippen molar-refractivity contribution < 1.29 is 19.8 Å². The van der Waals surface area contributed by atoms with Gasteiger partial charge in [-0.05, 0) is 30.5 Å². The fourth-order valence-electron chi connectivity index (χ4n) is 3.91. The van der Waals surface area contributed by atoms with Crippen molar-refractivity contribution in [3.8, 4) is 0 Å². The number of carboxylic acid groups (broad SMARTS) is 1. The molecule has 1 fully saturated rings. The van der Waals surface area contributed by atoms with Crippen LogP contribution in [0.25, 0.3) is 0 Å². The van der Waals surface area contributed by atoms with Crippen LogP contribution in [0.5, 0.6) is 0 Å². The molecule has 1 saturated heterocycles. The Kier molecular flexibility index (Phi) is 6.43. The molecule has 2 aliphatic rings. The van der Waals surface area contributed by atoms with Gasteiger partial charge < -0.3 is 15.1 Å². The van der Waals surface area contributed by atoms with Gasteiger partial charge in [-0.15, -0.1) is 0 Å². The molecule has 3 heterocycles. The van der Waals surface area contributed by atoms with Crippen LogP contribution in [-0.4, -0.2) is 68.3 Å². The second kappa shape index (κ2) is 8.99. The highest BCUT2D eigenvalue weighted by atomic mass is 16.3. The van der Waals surface area contributed by atoms with Crippen LogP contribution in [-0.2, 0) is 29.1 Å². The number of aryl methyl sites for hydroxylation is 1. The lowest BCUT2D eigenvalue weighted by Crippen LogP contribution is -2.37. The topological polar surface area (TPSA) is 110 Å². The molecule has 0 saturated carbocycles. The molecule has 3 N–H and O–H groups in total. The zero-order chi connectivity index (χ0) is 20.1. The molecule has 2 aliphatic heterocycles. The lowest BCUT2D eigenvalue weighted by atomic mass is 10.0. The molecule has 28 heavy (non-hydrogen) atoms. The maximum absolute atomic E-state index is 12.7. The quantitative estimate of drug-likeness (QED) is 0.671. The minimum absolute atomic E-state index is 0.0578. The van der Waals surface area contributed by atoms with Gasteiger partial charge in [0.25, 0.3) is 6.47 Å². The predicted octanol–water partition coefficient (Wildman–Crippen LogP) is 0.797. The first-order valence-electron chi connectivity index (χ1n) is 9.34. The number of carbonyl (C=O) groups excluding carboxylic acids is 1. The minimum Gasteiger partial charge on any atom is -0.483 e. The molecule has 0 unspecified atom stereocenters. The summed E-state index contributed by atoms with van der Waals surface area (Å²) in [6.45, 7) is 4.81. The number of nitrogens with zero attached hydrogens (tertiary/aromatic N) is 3. The number of fused-ring (bicyclic) bond motifs is 1. The number of benzene rings is 1. The monoisotopic (exact) mass is 386 g/mol. The minimum atomic E-state index is -0.475. The number of amides is 1. The third-order valence-corrected chi connectivity index (χ3v) is 5.25. The lowest BCUT2D eigenvalue weighted by molar-refractivity contribution is -0.132. The first-order chi connectivity index (χ1) is 13.5. The average Bonchev–Trinajstić information content (AvgIpc) is 3.35. The zero-order valence-corrected chi connectivity index (χ0v) is 15.9. The molecule has 8 nitrogen and oxygen atoms in total. The van der Waals surface area contributed by atoms with Crippen LogP contribution in [0.2, 0.25) is 0 Å². The van der Waals surface area contributed by atoms with Crippen LogP contribution in [0.4, 0.5) is 0 Å². The Labute approximate surface area is 163 Å². The van der Waals surface area contributed by atoms with E-state index in [2.05, 4.69) is 27.2 Å². The Bertz CT molecular complexity index is 797. The van der Waals surface area contributed by atoms with E-state index in [1.165, 1.54) is 11.1 Å². The molecule has 1 amide bonds. The van der Waals surface area contributed by atoms with Crippen molar-refractivity contribution in [2.24, 2.45) is 5.92 Å².